The van der Waals surface area contributed by atoms with Crippen molar-refractivity contribution in [1.29, 1.82) is 0 Å². The molecule has 55 heavy (non-hydrogen) atoms. The molecule has 2 aliphatic heterocycles. The van der Waals surface area contributed by atoms with Crippen LogP contribution in [0.15, 0.2) is 110 Å². The zero-order valence-corrected chi connectivity index (χ0v) is 33.1. The van der Waals surface area contributed by atoms with Crippen molar-refractivity contribution >= 4 is 87.4 Å². The maximum absolute atomic E-state index is 13.0. The minimum Gasteiger partial charge on any atom is -0.503 e. The monoisotopic (exact) mass is 818 g/mol. The number of ketones is 1. The summed E-state index contributed by atoms with van der Waals surface area (Å²) in [6, 6.07) is 25.3. The van der Waals surface area contributed by atoms with Gasteiger partial charge in [0.25, 0.3) is 5.91 Å². The average Bonchev–Trinajstić information content (AvgIpc) is 3.66. The fraction of sp³-hybridized carbons (Fsp3) is 0.171. The van der Waals surface area contributed by atoms with Gasteiger partial charge in [-0.15, -0.1) is 0 Å². The van der Waals surface area contributed by atoms with Gasteiger partial charge < -0.3 is 29.7 Å². The second-order valence-electron chi connectivity index (χ2n) is 11.5. The Morgan fingerprint density at radius 2 is 1.31 bits per heavy atom. The summed E-state index contributed by atoms with van der Waals surface area (Å²) in [5.41, 5.74) is 3.05. The number of benzene rings is 4. The molecule has 3 N–H and O–H groups in total. The molecular weight excluding hydrogens is 783 g/mol. The van der Waals surface area contributed by atoms with Crippen LogP contribution in [-0.4, -0.2) is 52.9 Å². The molecule has 2 heterocycles. The van der Waals surface area contributed by atoms with Crippen molar-refractivity contribution in [2.45, 2.75) is 27.2 Å². The molecule has 0 aromatic heterocycles. The van der Waals surface area contributed by atoms with E-state index in [4.69, 9.17) is 37.4 Å². The Bertz CT molecular complexity index is 2210. The van der Waals surface area contributed by atoms with Crippen LogP contribution in [0, 0.1) is 0 Å². The van der Waals surface area contributed by atoms with Gasteiger partial charge >= 0.3 is 5.97 Å². The number of rotatable bonds is 11. The van der Waals surface area contributed by atoms with Crippen molar-refractivity contribution in [1.82, 2.24) is 5.32 Å². The Kier molecular flexibility index (Phi) is 14.5. The number of esters is 1. The molecule has 6 rings (SSSR count). The highest BCUT2D eigenvalue weighted by Gasteiger charge is 2.35. The van der Waals surface area contributed by atoms with Crippen molar-refractivity contribution < 1.29 is 38.8 Å². The second-order valence-corrected chi connectivity index (χ2v) is 14.5. The van der Waals surface area contributed by atoms with Crippen LogP contribution in [0.25, 0.3) is 12.2 Å². The predicted octanol–water partition coefficient (Wildman–Crippen LogP) is 9.50. The summed E-state index contributed by atoms with van der Waals surface area (Å²) < 4.78 is 15.9. The Hall–Kier alpha value is -5.14. The van der Waals surface area contributed by atoms with Crippen LogP contribution in [0.3, 0.4) is 0 Å². The van der Waals surface area contributed by atoms with Crippen molar-refractivity contribution in [2.75, 3.05) is 19.8 Å². The van der Waals surface area contributed by atoms with Crippen LogP contribution in [-0.2, 0) is 25.5 Å². The Morgan fingerprint density at radius 1 is 0.764 bits per heavy atom. The van der Waals surface area contributed by atoms with Gasteiger partial charge in [-0.3, -0.25) is 9.59 Å². The van der Waals surface area contributed by atoms with Crippen LogP contribution in [0.2, 0.25) is 10.0 Å². The maximum atomic E-state index is 13.0. The van der Waals surface area contributed by atoms with Gasteiger partial charge in [-0.1, -0.05) is 83.5 Å². The molecule has 0 atom stereocenters. The number of carbonyl (C=O) groups is 3. The van der Waals surface area contributed by atoms with E-state index in [0.717, 1.165) is 11.3 Å². The number of amidine groups is 1. The van der Waals surface area contributed by atoms with Crippen molar-refractivity contribution in [3.8, 4) is 23.0 Å². The predicted molar refractivity (Wildman–Crippen MR) is 220 cm³/mol. The highest BCUT2D eigenvalue weighted by molar-refractivity contribution is 8.18. The van der Waals surface area contributed by atoms with Gasteiger partial charge in [-0.05, 0) is 97.8 Å². The number of thioether (sulfide) groups is 2. The van der Waals surface area contributed by atoms with Gasteiger partial charge in [0.15, 0.2) is 28.2 Å². The molecule has 10 nitrogen and oxygen atoms in total. The third-order valence-corrected chi connectivity index (χ3v) is 10.2. The van der Waals surface area contributed by atoms with E-state index in [9.17, 15) is 24.6 Å². The number of hydrogen-bond donors (Lipinski definition) is 3. The summed E-state index contributed by atoms with van der Waals surface area (Å²) in [6.07, 6.45) is 3.77. The molecule has 0 bridgehead atoms. The molecule has 0 saturated carbocycles. The minimum atomic E-state index is -0.622. The van der Waals surface area contributed by atoms with Crippen LogP contribution in [0.5, 0.6) is 23.0 Å². The maximum Gasteiger partial charge on any atom is 0.343 e. The normalized spacial score (nSPS) is 16.0. The van der Waals surface area contributed by atoms with E-state index >= 15 is 0 Å². The van der Waals surface area contributed by atoms with Gasteiger partial charge in [-0.25, -0.2) is 9.79 Å². The molecule has 4 aromatic rings. The van der Waals surface area contributed by atoms with E-state index in [-0.39, 0.29) is 56.9 Å². The molecule has 4 aromatic carbocycles. The number of aromatic hydroxyl groups is 2. The first-order valence-corrected chi connectivity index (χ1v) is 19.4. The van der Waals surface area contributed by atoms with Crippen LogP contribution >= 0.6 is 46.7 Å². The third-order valence-electron chi connectivity index (χ3n) is 7.58. The Balaban J connectivity index is 0.000000214. The lowest BCUT2D eigenvalue weighted by molar-refractivity contribution is -0.139. The Morgan fingerprint density at radius 3 is 1.85 bits per heavy atom. The molecular formula is C41H36Cl2N2O8S2. The number of carbonyl (C=O) groups excluding carboxylic acids is 3. The number of ether oxygens (including phenoxy) is 3. The van der Waals surface area contributed by atoms with E-state index in [0.29, 0.717) is 50.6 Å². The summed E-state index contributed by atoms with van der Waals surface area (Å²) in [7, 11) is 0. The summed E-state index contributed by atoms with van der Waals surface area (Å²) in [4.78, 5) is 43.6. The fourth-order valence-electron chi connectivity index (χ4n) is 5.18. The lowest BCUT2D eigenvalue weighted by Gasteiger charge is -2.09. The van der Waals surface area contributed by atoms with Gasteiger partial charge in [0.1, 0.15) is 5.57 Å². The zero-order valence-electron chi connectivity index (χ0n) is 29.9. The lowest BCUT2D eigenvalue weighted by atomic mass is 10.1. The number of Topliss-reactive ketones (excluding diaryl/α,β-unsaturated/α-hetero) is 1. The largest absolute Gasteiger partial charge is 0.503 e. The standard InChI is InChI=1S/C23H21ClO5S.C18H15ClN2O3S/c1-3-28-17-11-15(10-16(24)21(17)25)13-19-22(26)20(23(27)29-4-2)18(30-19)12-14-8-6-5-7-9-14;1-2-24-14-9-11(8-13(19)16(14)22)10-15-17(23)21-18(25-15)20-12-6-4-3-5-7-12/h5-11,13,25H,3-4,12H2,1-2H3;3-10,22H,2H2,1H3,(H,20,21,23)/b19-13-;15-10-. The molecule has 0 spiro atoms. The number of phenolic OH excluding ortho intramolecular Hbond substituents is 2. The number of aliphatic imine (C=N–C) groups is 1. The number of halogens is 2. The smallest absolute Gasteiger partial charge is 0.343 e. The average molecular weight is 820 g/mol. The van der Waals surface area contributed by atoms with Crippen LogP contribution in [0.1, 0.15) is 37.5 Å². The summed E-state index contributed by atoms with van der Waals surface area (Å²) >= 11 is 14.6. The Labute approximate surface area is 336 Å². The number of phenols is 2. The lowest BCUT2D eigenvalue weighted by Crippen LogP contribution is -2.19. The van der Waals surface area contributed by atoms with E-state index in [2.05, 4.69) is 10.3 Å². The van der Waals surface area contributed by atoms with Gasteiger partial charge in [-0.2, -0.15) is 0 Å². The number of nitrogens with one attached hydrogen (secondary N) is 1. The quantitative estimate of drug-likeness (QED) is 0.0761. The van der Waals surface area contributed by atoms with Crippen LogP contribution < -0.4 is 14.8 Å². The minimum absolute atomic E-state index is 0.0619. The molecule has 14 heteroatoms. The second kappa shape index (κ2) is 19.4. The van der Waals surface area contributed by atoms with Gasteiger partial charge in [0.05, 0.1) is 45.4 Å². The number of amides is 1. The van der Waals surface area contributed by atoms with Crippen molar-refractivity contribution in [3.63, 3.8) is 0 Å². The van der Waals surface area contributed by atoms with E-state index in [1.165, 1.54) is 23.5 Å². The molecule has 284 valence electrons. The molecule has 1 saturated heterocycles. The summed E-state index contributed by atoms with van der Waals surface area (Å²) in [5.74, 6) is -0.989. The van der Waals surface area contributed by atoms with E-state index in [1.54, 1.807) is 50.3 Å². The number of para-hydroxylation sites is 1. The van der Waals surface area contributed by atoms with E-state index in [1.807, 2.05) is 67.6 Å². The molecule has 2 aliphatic rings. The highest BCUT2D eigenvalue weighted by atomic mass is 35.5. The van der Waals surface area contributed by atoms with Crippen molar-refractivity contribution in [2.24, 2.45) is 4.99 Å². The molecule has 0 radical (unpaired) electrons. The first-order chi connectivity index (χ1) is 26.5. The molecule has 0 unspecified atom stereocenters. The van der Waals surface area contributed by atoms with Gasteiger partial charge in [0.2, 0.25) is 5.78 Å². The molecule has 0 aliphatic carbocycles. The molecule has 1 fully saturated rings. The number of allylic oxidation sites excluding steroid dienone is 2. The van der Waals surface area contributed by atoms with Crippen molar-refractivity contribution in [3.05, 3.63) is 132 Å². The third kappa shape index (κ3) is 10.8. The number of hydrogen-bond acceptors (Lipinski definition) is 11. The highest BCUT2D eigenvalue weighted by Crippen LogP contribution is 2.43. The number of nitrogens with zero attached hydrogens (tertiary/aromatic N) is 1. The van der Waals surface area contributed by atoms with Crippen LogP contribution in [0.4, 0.5) is 5.69 Å². The summed E-state index contributed by atoms with van der Waals surface area (Å²) in [6.45, 7) is 6.24. The SMILES string of the molecule is CCOC(=O)C1=C(Cc2ccccc2)S/C(=C\c2cc(Cl)c(O)c(OCC)c2)C1=O.CCOc1cc(/C=C2\SC(=Nc3ccccc3)NC2=O)cc(Cl)c1O. The first kappa shape index (κ1) is 41.0. The summed E-state index contributed by atoms with van der Waals surface area (Å²) in [5, 5.41) is 23.4. The van der Waals surface area contributed by atoms with Gasteiger partial charge in [0, 0.05) is 11.3 Å². The van der Waals surface area contributed by atoms with E-state index < -0.39 is 5.97 Å². The topological polar surface area (TPSA) is 144 Å². The molecule has 1 amide bonds. The fourth-order valence-corrected chi connectivity index (χ4v) is 7.63. The first-order valence-electron chi connectivity index (χ1n) is 17.0. The zero-order chi connectivity index (χ0) is 39.5.